The molecule has 3 aromatic carbocycles. The van der Waals surface area contributed by atoms with Crippen LogP contribution in [0.1, 0.15) is 30.0 Å². The number of aliphatic hydroxyl groups is 1. The van der Waals surface area contributed by atoms with Crippen LogP contribution in [0.25, 0.3) is 0 Å². The molecule has 0 aliphatic carbocycles. The van der Waals surface area contributed by atoms with Gasteiger partial charge in [-0.3, -0.25) is 9.80 Å². The van der Waals surface area contributed by atoms with E-state index in [1.54, 1.807) is 4.90 Å². The molecule has 1 aliphatic rings. The third-order valence-corrected chi connectivity index (χ3v) is 6.27. The fraction of sp³-hybridized carbons (Fsp3) is 0.240. The zero-order valence-electron chi connectivity index (χ0n) is 17.3. The molecule has 0 spiro atoms. The molecule has 1 N–H and O–H groups in total. The van der Waals surface area contributed by atoms with Crippen molar-refractivity contribution in [1.82, 2.24) is 0 Å². The number of hydrogen-bond donors (Lipinski definition) is 1. The number of anilines is 2. The van der Waals surface area contributed by atoms with Crippen LogP contribution in [0.2, 0.25) is 0 Å². The molecule has 0 bridgehead atoms. The molecule has 0 aromatic heterocycles. The highest BCUT2D eigenvalue weighted by atomic mass is 79.9. The van der Waals surface area contributed by atoms with Gasteiger partial charge in [0.15, 0.2) is 5.72 Å². The molecular weight excluding hydrogens is 440 g/mol. The molecule has 5 heteroatoms. The summed E-state index contributed by atoms with van der Waals surface area (Å²) < 4.78 is 0.916. The number of nitrogens with zero attached hydrogens (tertiary/aromatic N) is 2. The van der Waals surface area contributed by atoms with Crippen molar-refractivity contribution in [2.24, 2.45) is 0 Å². The third-order valence-electron chi connectivity index (χ3n) is 5.74. The van der Waals surface area contributed by atoms with Gasteiger partial charge in [0.05, 0.1) is 6.04 Å². The summed E-state index contributed by atoms with van der Waals surface area (Å²) in [6.07, 6.45) is 0.594. The largest absolute Gasteiger partial charge is 0.365 e. The number of aryl methyl sites for hydroxylation is 2. The van der Waals surface area contributed by atoms with Gasteiger partial charge in [0.25, 0.3) is 0 Å². The van der Waals surface area contributed by atoms with Crippen LogP contribution in [0.15, 0.2) is 77.3 Å². The molecule has 2 atom stereocenters. The molecule has 2 unspecified atom stereocenters. The van der Waals surface area contributed by atoms with Crippen LogP contribution < -0.4 is 9.80 Å². The summed E-state index contributed by atoms with van der Waals surface area (Å²) in [5.41, 5.74) is 2.80. The van der Waals surface area contributed by atoms with Gasteiger partial charge in [0, 0.05) is 21.4 Å². The number of carbonyl (C=O) groups is 1. The predicted octanol–water partition coefficient (Wildman–Crippen LogP) is 6.14. The maximum atomic E-state index is 13.8. The summed E-state index contributed by atoms with van der Waals surface area (Å²) in [4.78, 5) is 17.1. The van der Waals surface area contributed by atoms with Crippen molar-refractivity contribution in [3.8, 4) is 0 Å². The number of halogens is 1. The second-order valence-corrected chi connectivity index (χ2v) is 8.74. The van der Waals surface area contributed by atoms with Crippen molar-refractivity contribution in [1.29, 1.82) is 0 Å². The first kappa shape index (κ1) is 20.6. The zero-order valence-corrected chi connectivity index (χ0v) is 18.9. The Morgan fingerprint density at radius 3 is 2.17 bits per heavy atom. The number of amides is 2. The van der Waals surface area contributed by atoms with E-state index in [2.05, 4.69) is 15.9 Å². The van der Waals surface area contributed by atoms with Crippen LogP contribution >= 0.6 is 15.9 Å². The highest BCUT2D eigenvalue weighted by Gasteiger charge is 2.57. The Labute approximate surface area is 185 Å². The van der Waals surface area contributed by atoms with E-state index in [1.165, 1.54) is 4.90 Å². The van der Waals surface area contributed by atoms with Crippen LogP contribution in [0, 0.1) is 13.8 Å². The van der Waals surface area contributed by atoms with Gasteiger partial charge >= 0.3 is 6.03 Å². The maximum absolute atomic E-state index is 13.8. The Kier molecular flexibility index (Phi) is 5.43. The van der Waals surface area contributed by atoms with Gasteiger partial charge in [-0.1, -0.05) is 70.4 Å². The first-order chi connectivity index (χ1) is 14.4. The van der Waals surface area contributed by atoms with Gasteiger partial charge in [-0.05, 0) is 56.7 Å². The first-order valence-electron chi connectivity index (χ1n) is 10.1. The van der Waals surface area contributed by atoms with Gasteiger partial charge in [0.1, 0.15) is 0 Å². The van der Waals surface area contributed by atoms with E-state index < -0.39 is 11.8 Å². The van der Waals surface area contributed by atoms with Crippen molar-refractivity contribution in [2.75, 3.05) is 9.80 Å². The lowest BCUT2D eigenvalue weighted by molar-refractivity contribution is 0.0306. The van der Waals surface area contributed by atoms with Gasteiger partial charge in [-0.15, -0.1) is 0 Å². The molecule has 0 saturated carbocycles. The summed E-state index contributed by atoms with van der Waals surface area (Å²) in [6, 6.07) is 22.4. The first-order valence-corrected chi connectivity index (χ1v) is 10.9. The van der Waals surface area contributed by atoms with E-state index in [1.807, 2.05) is 93.6 Å². The van der Waals surface area contributed by atoms with Gasteiger partial charge in [-0.2, -0.15) is 0 Å². The Bertz CT molecular complexity index is 1070. The van der Waals surface area contributed by atoms with Crippen LogP contribution in [-0.2, 0) is 5.72 Å². The minimum absolute atomic E-state index is 0.239. The Morgan fingerprint density at radius 1 is 0.933 bits per heavy atom. The number of carbonyl (C=O) groups excluding carboxylic acids is 1. The van der Waals surface area contributed by atoms with Gasteiger partial charge in [-0.25, -0.2) is 4.79 Å². The van der Waals surface area contributed by atoms with Crippen molar-refractivity contribution in [2.45, 2.75) is 39.0 Å². The highest BCUT2D eigenvalue weighted by molar-refractivity contribution is 9.10. The topological polar surface area (TPSA) is 43.8 Å². The summed E-state index contributed by atoms with van der Waals surface area (Å²) >= 11 is 3.46. The lowest BCUT2D eigenvalue weighted by Crippen LogP contribution is -2.49. The van der Waals surface area contributed by atoms with Crippen LogP contribution in [0.3, 0.4) is 0 Å². The second kappa shape index (κ2) is 7.89. The van der Waals surface area contributed by atoms with Crippen LogP contribution in [-0.4, -0.2) is 17.2 Å². The van der Waals surface area contributed by atoms with Crippen molar-refractivity contribution >= 4 is 33.3 Å². The minimum atomic E-state index is -1.50. The molecule has 30 heavy (non-hydrogen) atoms. The fourth-order valence-corrected chi connectivity index (χ4v) is 4.54. The molecule has 4 nitrogen and oxygen atoms in total. The number of urea groups is 1. The molecular formula is C25H25BrN2O2. The summed E-state index contributed by atoms with van der Waals surface area (Å²) in [6.45, 7) is 6.02. The van der Waals surface area contributed by atoms with Crippen molar-refractivity contribution in [3.63, 3.8) is 0 Å². The smallest absolute Gasteiger partial charge is 0.332 e. The summed E-state index contributed by atoms with van der Waals surface area (Å²) in [7, 11) is 0. The number of benzene rings is 3. The van der Waals surface area contributed by atoms with Gasteiger partial charge in [0.2, 0.25) is 0 Å². The molecule has 0 radical (unpaired) electrons. The Hall–Kier alpha value is -2.63. The average Bonchev–Trinajstić information content (AvgIpc) is 2.97. The molecule has 1 saturated heterocycles. The number of hydrogen-bond acceptors (Lipinski definition) is 2. The average molecular weight is 465 g/mol. The molecule has 154 valence electrons. The third kappa shape index (κ3) is 3.32. The predicted molar refractivity (Wildman–Crippen MR) is 125 cm³/mol. The molecule has 1 heterocycles. The SMILES string of the molecule is CCC1N(c2ccc(C)cc2)C(=O)N(c2ccc(Br)cc2)C1(O)c1cccc(C)c1. The maximum Gasteiger partial charge on any atom is 0.332 e. The standard InChI is InChI=1S/C25H25BrN2O2/c1-4-23-25(30,19-7-5-6-18(3)16-19)28(22-14-10-20(26)11-15-22)24(29)27(23)21-12-8-17(2)9-13-21/h5-16,23,30H,4H2,1-3H3. The molecule has 1 aliphatic heterocycles. The zero-order chi connectivity index (χ0) is 21.5. The quantitative estimate of drug-likeness (QED) is 0.503. The lowest BCUT2D eigenvalue weighted by atomic mass is 9.91. The monoisotopic (exact) mass is 464 g/mol. The highest BCUT2D eigenvalue weighted by Crippen LogP contribution is 2.45. The Balaban J connectivity index is 1.94. The number of rotatable bonds is 4. The summed E-state index contributed by atoms with van der Waals surface area (Å²) in [5, 5.41) is 12.2. The summed E-state index contributed by atoms with van der Waals surface area (Å²) in [5.74, 6) is 0. The Morgan fingerprint density at radius 2 is 1.57 bits per heavy atom. The minimum Gasteiger partial charge on any atom is -0.365 e. The molecule has 1 fully saturated rings. The van der Waals surface area contributed by atoms with Crippen LogP contribution in [0.4, 0.5) is 16.2 Å². The lowest BCUT2D eigenvalue weighted by Gasteiger charge is -2.37. The van der Waals surface area contributed by atoms with Gasteiger partial charge < -0.3 is 5.11 Å². The van der Waals surface area contributed by atoms with Crippen LogP contribution in [0.5, 0.6) is 0 Å². The van der Waals surface area contributed by atoms with Crippen molar-refractivity contribution < 1.29 is 9.90 Å². The van der Waals surface area contributed by atoms with E-state index in [0.717, 1.165) is 21.3 Å². The van der Waals surface area contributed by atoms with E-state index in [0.29, 0.717) is 17.7 Å². The molecule has 2 amide bonds. The second-order valence-electron chi connectivity index (χ2n) is 7.82. The fourth-order valence-electron chi connectivity index (χ4n) is 4.27. The van der Waals surface area contributed by atoms with Crippen molar-refractivity contribution in [3.05, 3.63) is 94.0 Å². The van der Waals surface area contributed by atoms with E-state index >= 15 is 0 Å². The van der Waals surface area contributed by atoms with E-state index in [9.17, 15) is 9.90 Å². The van der Waals surface area contributed by atoms with E-state index in [4.69, 9.17) is 0 Å². The van der Waals surface area contributed by atoms with E-state index in [-0.39, 0.29) is 6.03 Å². The molecule has 4 rings (SSSR count). The normalized spacial score (nSPS) is 21.4. The molecule has 3 aromatic rings.